The second-order valence-corrected chi connectivity index (χ2v) is 8.12. The van der Waals surface area contributed by atoms with Gasteiger partial charge in [0.25, 0.3) is 0 Å². The summed E-state index contributed by atoms with van der Waals surface area (Å²) in [4.78, 5) is 11.3. The second kappa shape index (κ2) is 8.77. The van der Waals surface area contributed by atoms with E-state index >= 15 is 0 Å². The molecule has 1 aliphatic heterocycles. The fraction of sp³-hybridized carbons (Fsp3) is 0.500. The Kier molecular flexibility index (Phi) is 6.94. The molecule has 1 aromatic rings. The molecule has 0 radical (unpaired) electrons. The molecular weight excluding hydrogens is 358 g/mol. The predicted octanol–water partition coefficient (Wildman–Crippen LogP) is 1.99. The SMILES string of the molecule is COC(=O)/C=C/CC[C@H]1OC(C)(C)OC[C@H]1NS(=O)(=O)c1ccccc1. The van der Waals surface area contributed by atoms with Gasteiger partial charge in [0.15, 0.2) is 5.79 Å². The minimum atomic E-state index is -3.68. The lowest BCUT2D eigenvalue weighted by Gasteiger charge is -2.41. The Morgan fingerprint density at radius 3 is 2.69 bits per heavy atom. The number of ether oxygens (including phenoxy) is 3. The molecule has 1 N–H and O–H groups in total. The number of nitrogens with one attached hydrogen (secondary N) is 1. The third-order valence-corrected chi connectivity index (χ3v) is 5.43. The van der Waals surface area contributed by atoms with Crippen molar-refractivity contribution < 1.29 is 27.4 Å². The summed E-state index contributed by atoms with van der Waals surface area (Å²) >= 11 is 0. The average molecular weight is 383 g/mol. The number of esters is 1. The molecule has 8 heteroatoms. The first-order valence-electron chi connectivity index (χ1n) is 8.37. The van der Waals surface area contributed by atoms with Crippen LogP contribution in [0.15, 0.2) is 47.4 Å². The first-order valence-corrected chi connectivity index (χ1v) is 9.85. The summed E-state index contributed by atoms with van der Waals surface area (Å²) in [5, 5.41) is 0. The van der Waals surface area contributed by atoms with Gasteiger partial charge in [-0.3, -0.25) is 0 Å². The van der Waals surface area contributed by atoms with E-state index in [0.717, 1.165) is 0 Å². The summed E-state index contributed by atoms with van der Waals surface area (Å²) < 4.78 is 43.9. The Bertz CT molecular complexity index is 729. The fourth-order valence-corrected chi connectivity index (χ4v) is 3.89. The Morgan fingerprint density at radius 2 is 2.04 bits per heavy atom. The topological polar surface area (TPSA) is 90.9 Å². The predicted molar refractivity (Wildman–Crippen MR) is 95.8 cm³/mol. The van der Waals surface area contributed by atoms with E-state index in [1.165, 1.54) is 25.3 Å². The van der Waals surface area contributed by atoms with Crippen molar-refractivity contribution in [2.75, 3.05) is 13.7 Å². The molecule has 0 bridgehead atoms. The maximum absolute atomic E-state index is 12.6. The molecule has 1 aliphatic rings. The van der Waals surface area contributed by atoms with Crippen LogP contribution in [0, 0.1) is 0 Å². The normalized spacial score (nSPS) is 23.0. The van der Waals surface area contributed by atoms with E-state index in [1.807, 2.05) is 0 Å². The molecule has 7 nitrogen and oxygen atoms in total. The maximum Gasteiger partial charge on any atom is 0.330 e. The second-order valence-electron chi connectivity index (χ2n) is 6.41. The summed E-state index contributed by atoms with van der Waals surface area (Å²) in [5.41, 5.74) is 0. The Balaban J connectivity index is 2.06. The number of methoxy groups -OCH3 is 1. The van der Waals surface area contributed by atoms with Crippen LogP contribution in [0.2, 0.25) is 0 Å². The maximum atomic E-state index is 12.6. The highest BCUT2D eigenvalue weighted by molar-refractivity contribution is 7.89. The van der Waals surface area contributed by atoms with Crippen molar-refractivity contribution in [2.45, 2.75) is 49.5 Å². The monoisotopic (exact) mass is 383 g/mol. The number of hydrogen-bond acceptors (Lipinski definition) is 6. The molecule has 0 aromatic heterocycles. The third-order valence-electron chi connectivity index (χ3n) is 3.93. The highest BCUT2D eigenvalue weighted by Gasteiger charge is 2.38. The van der Waals surface area contributed by atoms with Crippen molar-refractivity contribution in [3.63, 3.8) is 0 Å². The average Bonchev–Trinajstić information content (AvgIpc) is 2.61. The van der Waals surface area contributed by atoms with Crippen molar-refractivity contribution in [3.05, 3.63) is 42.5 Å². The van der Waals surface area contributed by atoms with E-state index < -0.39 is 27.8 Å². The molecule has 0 unspecified atom stereocenters. The van der Waals surface area contributed by atoms with Crippen LogP contribution in [0.25, 0.3) is 0 Å². The summed E-state index contributed by atoms with van der Waals surface area (Å²) in [7, 11) is -2.37. The number of benzene rings is 1. The first kappa shape index (κ1) is 20.6. The van der Waals surface area contributed by atoms with Crippen LogP contribution >= 0.6 is 0 Å². The molecule has 1 saturated heterocycles. The van der Waals surface area contributed by atoms with Gasteiger partial charge in [-0.1, -0.05) is 24.3 Å². The van der Waals surface area contributed by atoms with Crippen molar-refractivity contribution in [2.24, 2.45) is 0 Å². The quantitative estimate of drug-likeness (QED) is 0.572. The van der Waals surface area contributed by atoms with E-state index in [-0.39, 0.29) is 17.6 Å². The van der Waals surface area contributed by atoms with Crippen molar-refractivity contribution in [1.29, 1.82) is 0 Å². The standard InChI is InChI=1S/C18H25NO6S/c1-18(2)24-13-15(16(25-18)11-7-8-12-17(20)23-3)19-26(21,22)14-9-5-4-6-10-14/h4-6,8-10,12,15-16,19H,7,11,13H2,1-3H3/b12-8+/t15-,16-/m1/s1. The number of carbonyl (C=O) groups excluding carboxylic acids is 1. The van der Waals surface area contributed by atoms with Gasteiger partial charge in [0.1, 0.15) is 0 Å². The lowest BCUT2D eigenvalue weighted by Crippen LogP contribution is -2.55. The van der Waals surface area contributed by atoms with E-state index in [9.17, 15) is 13.2 Å². The van der Waals surface area contributed by atoms with Crippen molar-refractivity contribution >= 4 is 16.0 Å². The van der Waals surface area contributed by atoms with E-state index in [0.29, 0.717) is 12.8 Å². The van der Waals surface area contributed by atoms with Gasteiger partial charge in [0.05, 0.1) is 30.8 Å². The van der Waals surface area contributed by atoms with Crippen molar-refractivity contribution in [3.8, 4) is 0 Å². The van der Waals surface area contributed by atoms with Gasteiger partial charge in [-0.05, 0) is 38.8 Å². The molecule has 0 aliphatic carbocycles. The lowest BCUT2D eigenvalue weighted by atomic mass is 10.0. The first-order chi connectivity index (χ1) is 12.2. The third kappa shape index (κ3) is 5.91. The smallest absolute Gasteiger partial charge is 0.330 e. The Hall–Kier alpha value is -1.74. The molecule has 2 rings (SSSR count). The van der Waals surface area contributed by atoms with Gasteiger partial charge in [0, 0.05) is 6.08 Å². The molecule has 0 amide bonds. The number of hydrogen-bond donors (Lipinski definition) is 1. The summed E-state index contributed by atoms with van der Waals surface area (Å²) in [6.45, 7) is 3.77. The molecule has 144 valence electrons. The summed E-state index contributed by atoms with van der Waals surface area (Å²) in [6, 6.07) is 7.63. The minimum Gasteiger partial charge on any atom is -0.466 e. The highest BCUT2D eigenvalue weighted by atomic mass is 32.2. The van der Waals surface area contributed by atoms with Crippen LogP contribution in [0.5, 0.6) is 0 Å². The molecule has 1 heterocycles. The van der Waals surface area contributed by atoms with Crippen LogP contribution in [-0.4, -0.2) is 46.0 Å². The molecule has 1 aromatic carbocycles. The largest absolute Gasteiger partial charge is 0.466 e. The number of rotatable bonds is 7. The zero-order valence-corrected chi connectivity index (χ0v) is 16.0. The molecule has 0 spiro atoms. The molecule has 2 atom stereocenters. The summed E-state index contributed by atoms with van der Waals surface area (Å²) in [5.74, 6) is -1.23. The molecule has 1 fully saturated rings. The highest BCUT2D eigenvalue weighted by Crippen LogP contribution is 2.26. The van der Waals surface area contributed by atoms with Gasteiger partial charge >= 0.3 is 5.97 Å². The van der Waals surface area contributed by atoms with Crippen LogP contribution in [0.1, 0.15) is 26.7 Å². The van der Waals surface area contributed by atoms with E-state index in [4.69, 9.17) is 9.47 Å². The number of carbonyl (C=O) groups is 1. The van der Waals surface area contributed by atoms with Gasteiger partial charge < -0.3 is 14.2 Å². The number of allylic oxidation sites excluding steroid dienone is 1. The fourth-order valence-electron chi connectivity index (χ4n) is 2.62. The Labute approximate surface area is 154 Å². The Morgan fingerprint density at radius 1 is 1.35 bits per heavy atom. The lowest BCUT2D eigenvalue weighted by molar-refractivity contribution is -0.281. The number of sulfonamides is 1. The van der Waals surface area contributed by atoms with E-state index in [1.54, 1.807) is 38.1 Å². The molecule has 0 saturated carbocycles. The van der Waals surface area contributed by atoms with Gasteiger partial charge in [-0.15, -0.1) is 0 Å². The van der Waals surface area contributed by atoms with Crippen LogP contribution in [0.4, 0.5) is 0 Å². The molecule has 26 heavy (non-hydrogen) atoms. The van der Waals surface area contributed by atoms with Crippen molar-refractivity contribution in [1.82, 2.24) is 4.72 Å². The summed E-state index contributed by atoms with van der Waals surface area (Å²) in [6.07, 6.45) is 3.70. The zero-order chi connectivity index (χ0) is 19.2. The molecular formula is C18H25NO6S. The van der Waals surface area contributed by atoms with Crippen LogP contribution < -0.4 is 4.72 Å². The van der Waals surface area contributed by atoms with E-state index in [2.05, 4.69) is 9.46 Å². The minimum absolute atomic E-state index is 0.189. The van der Waals surface area contributed by atoms with Gasteiger partial charge in [-0.25, -0.2) is 17.9 Å². The van der Waals surface area contributed by atoms with Gasteiger partial charge in [-0.2, -0.15) is 0 Å². The van der Waals surface area contributed by atoms with Crippen LogP contribution in [-0.2, 0) is 29.0 Å². The zero-order valence-electron chi connectivity index (χ0n) is 15.2. The van der Waals surface area contributed by atoms with Crippen LogP contribution in [0.3, 0.4) is 0 Å². The van der Waals surface area contributed by atoms with Gasteiger partial charge in [0.2, 0.25) is 10.0 Å².